The number of carbonyl (C=O) groups excluding carboxylic acids is 2. The van der Waals surface area contributed by atoms with Gasteiger partial charge in [0.1, 0.15) is 46.9 Å². The monoisotopic (exact) mass is 576 g/mol. The molecule has 0 aromatic heterocycles. The van der Waals surface area contributed by atoms with E-state index in [0.717, 1.165) is 24.5 Å². The van der Waals surface area contributed by atoms with Gasteiger partial charge in [-0.15, -0.1) is 0 Å². The highest BCUT2D eigenvalue weighted by Crippen LogP contribution is 2.33. The maximum atomic E-state index is 12.7. The number of hydrogen-bond donors (Lipinski definition) is 6. The number of aliphatic hydroxyl groups excluding tert-OH is 3. The normalized spacial score (nSPS) is 22.2. The van der Waals surface area contributed by atoms with E-state index in [1.54, 1.807) is 12.1 Å². The molecule has 6 N–H and O–H groups in total. The molecule has 5 atom stereocenters. The van der Waals surface area contributed by atoms with Crippen molar-refractivity contribution in [3.05, 3.63) is 53.1 Å². The molecule has 0 bridgehead atoms. The lowest BCUT2D eigenvalue weighted by molar-refractivity contribution is -0.282. The summed E-state index contributed by atoms with van der Waals surface area (Å²) < 4.78 is 16.7. The number of ketones is 1. The van der Waals surface area contributed by atoms with E-state index in [4.69, 9.17) is 14.2 Å². The molecule has 1 aliphatic rings. The Bertz CT molecular complexity index is 1200. The molecule has 12 heteroatoms. The Labute approximate surface area is 236 Å². The Morgan fingerprint density at radius 2 is 1.68 bits per heavy atom. The minimum Gasteiger partial charge on any atom is -0.508 e. The van der Waals surface area contributed by atoms with Crippen LogP contribution in [-0.4, -0.2) is 85.7 Å². The number of unbranched alkanes of at least 4 members (excludes halogenated alkanes) is 2. The molecule has 12 nitrogen and oxygen atoms in total. The number of aryl methyl sites for hydroxylation is 1. The third-order valence-corrected chi connectivity index (χ3v) is 6.74. The summed E-state index contributed by atoms with van der Waals surface area (Å²) in [4.78, 5) is 36.9. The summed E-state index contributed by atoms with van der Waals surface area (Å²) in [6, 6.07) is 8.53. The van der Waals surface area contributed by atoms with Crippen molar-refractivity contribution in [2.45, 2.75) is 82.6 Å². The van der Waals surface area contributed by atoms with Gasteiger partial charge in [0.2, 0.25) is 6.29 Å². The van der Waals surface area contributed by atoms with Gasteiger partial charge in [0, 0.05) is 24.8 Å². The lowest BCUT2D eigenvalue weighted by Gasteiger charge is -2.41. The van der Waals surface area contributed by atoms with Gasteiger partial charge in [-0.05, 0) is 42.7 Å². The van der Waals surface area contributed by atoms with Crippen LogP contribution in [-0.2, 0) is 31.9 Å². The number of hydrogen-bond acceptors (Lipinski definition) is 11. The number of carbonyl (C=O) groups is 3. The van der Waals surface area contributed by atoms with Crippen LogP contribution in [0.1, 0.15) is 60.5 Å². The van der Waals surface area contributed by atoms with Crippen molar-refractivity contribution in [3.8, 4) is 17.2 Å². The molecule has 0 saturated carbocycles. The van der Waals surface area contributed by atoms with Crippen LogP contribution in [0.2, 0.25) is 0 Å². The van der Waals surface area contributed by atoms with Crippen molar-refractivity contribution in [3.63, 3.8) is 0 Å². The van der Waals surface area contributed by atoms with E-state index in [1.165, 1.54) is 18.2 Å². The molecule has 0 amide bonds. The number of carboxylic acid groups (broad SMARTS) is 1. The van der Waals surface area contributed by atoms with Crippen LogP contribution in [0.15, 0.2) is 36.4 Å². The van der Waals surface area contributed by atoms with Gasteiger partial charge in [0.05, 0.1) is 6.61 Å². The fraction of sp³-hybridized carbons (Fsp3) is 0.483. The second-order valence-corrected chi connectivity index (χ2v) is 9.90. The van der Waals surface area contributed by atoms with Gasteiger partial charge < -0.3 is 44.8 Å². The number of rotatable bonds is 14. The molecular weight excluding hydrogens is 540 g/mol. The Balaban J connectivity index is 1.82. The number of ether oxygens (including phenoxy) is 3. The topological polar surface area (TPSA) is 200 Å². The Hall–Kier alpha value is -3.71. The second kappa shape index (κ2) is 14.8. The van der Waals surface area contributed by atoms with Crippen LogP contribution in [0.25, 0.3) is 0 Å². The number of aromatic hydroxyl groups is 2. The molecule has 1 saturated heterocycles. The van der Waals surface area contributed by atoms with Crippen molar-refractivity contribution < 1.29 is 59.2 Å². The van der Waals surface area contributed by atoms with Gasteiger partial charge >= 0.3 is 11.9 Å². The first-order valence-electron chi connectivity index (χ1n) is 13.4. The molecular formula is C29H36O12. The second-order valence-electron chi connectivity index (χ2n) is 9.90. The van der Waals surface area contributed by atoms with Gasteiger partial charge in [-0.3, -0.25) is 9.59 Å². The van der Waals surface area contributed by atoms with E-state index < -0.39 is 60.6 Å². The first-order valence-corrected chi connectivity index (χ1v) is 13.4. The Kier molecular flexibility index (Phi) is 11.5. The maximum absolute atomic E-state index is 12.7. The number of Topliss-reactive ketones (excluding diaryl/α,β-unsaturated/α-hetero) is 1. The predicted molar refractivity (Wildman–Crippen MR) is 143 cm³/mol. The molecule has 41 heavy (non-hydrogen) atoms. The predicted octanol–water partition coefficient (Wildman–Crippen LogP) is 1.85. The summed E-state index contributed by atoms with van der Waals surface area (Å²) in [6.07, 6.45) is -5.39. The van der Waals surface area contributed by atoms with Crippen molar-refractivity contribution in [1.82, 2.24) is 0 Å². The van der Waals surface area contributed by atoms with E-state index in [1.807, 2.05) is 6.92 Å². The molecule has 0 aliphatic carbocycles. The fourth-order valence-electron chi connectivity index (χ4n) is 4.42. The van der Waals surface area contributed by atoms with Crippen LogP contribution >= 0.6 is 0 Å². The molecule has 0 radical (unpaired) electrons. The van der Waals surface area contributed by atoms with Crippen molar-refractivity contribution in [1.29, 1.82) is 0 Å². The summed E-state index contributed by atoms with van der Waals surface area (Å²) in [5, 5.41) is 60.2. The summed E-state index contributed by atoms with van der Waals surface area (Å²) in [7, 11) is 0. The number of phenolic OH excluding ortho intramolecular Hbond substituents is 1. The van der Waals surface area contributed by atoms with Gasteiger partial charge in [0.25, 0.3) is 0 Å². The van der Waals surface area contributed by atoms with E-state index in [-0.39, 0.29) is 42.1 Å². The summed E-state index contributed by atoms with van der Waals surface area (Å²) in [6.45, 7) is 1.26. The minimum absolute atomic E-state index is 0.0428. The number of phenols is 2. The Morgan fingerprint density at radius 3 is 2.32 bits per heavy atom. The van der Waals surface area contributed by atoms with Crippen LogP contribution in [0.3, 0.4) is 0 Å². The van der Waals surface area contributed by atoms with Crippen molar-refractivity contribution in [2.75, 3.05) is 6.61 Å². The smallest absolute Gasteiger partial charge is 0.339 e. The lowest BCUT2D eigenvalue weighted by Crippen LogP contribution is -2.61. The van der Waals surface area contributed by atoms with E-state index in [2.05, 4.69) is 0 Å². The molecule has 2 aromatic carbocycles. The lowest BCUT2D eigenvalue weighted by atomic mass is 9.98. The average molecular weight is 577 g/mol. The largest absolute Gasteiger partial charge is 0.508 e. The van der Waals surface area contributed by atoms with Crippen LogP contribution in [0, 0.1) is 0 Å². The van der Waals surface area contributed by atoms with Gasteiger partial charge in [-0.2, -0.15) is 0 Å². The molecule has 1 heterocycles. The SMILES string of the molecule is CCCCCC(=O)OC1C(Oc2cc(CC(=O)CCc3ccc(O)cc3)c(O)c(C(=O)O)c2)OC(CO)C(O)C1O. The van der Waals surface area contributed by atoms with Crippen LogP contribution < -0.4 is 4.74 Å². The van der Waals surface area contributed by atoms with Crippen LogP contribution in [0.5, 0.6) is 17.2 Å². The minimum atomic E-state index is -1.70. The molecule has 1 fully saturated rings. The van der Waals surface area contributed by atoms with E-state index in [9.17, 15) is 45.0 Å². The number of aromatic carboxylic acids is 1. The summed E-state index contributed by atoms with van der Waals surface area (Å²) in [5.41, 5.74) is 0.193. The van der Waals surface area contributed by atoms with Crippen LogP contribution in [0.4, 0.5) is 0 Å². The number of benzene rings is 2. The molecule has 224 valence electrons. The van der Waals surface area contributed by atoms with Gasteiger partial charge in [-0.1, -0.05) is 31.9 Å². The van der Waals surface area contributed by atoms with Crippen molar-refractivity contribution >= 4 is 17.7 Å². The average Bonchev–Trinajstić information content (AvgIpc) is 2.94. The third-order valence-electron chi connectivity index (χ3n) is 6.74. The molecule has 0 spiro atoms. The highest BCUT2D eigenvalue weighted by molar-refractivity contribution is 5.93. The first kappa shape index (κ1) is 31.8. The first-order chi connectivity index (χ1) is 19.5. The van der Waals surface area contributed by atoms with Crippen molar-refractivity contribution in [2.24, 2.45) is 0 Å². The quantitative estimate of drug-likeness (QED) is 0.141. The summed E-state index contributed by atoms with van der Waals surface area (Å²) >= 11 is 0. The number of carboxylic acids is 1. The molecule has 5 unspecified atom stereocenters. The zero-order valence-electron chi connectivity index (χ0n) is 22.6. The third kappa shape index (κ3) is 8.64. The maximum Gasteiger partial charge on any atom is 0.339 e. The molecule has 3 rings (SSSR count). The standard InChI is InChI=1S/C29H36O12/c1-2-3-4-5-23(33)41-27-26(36)25(35)22(15-30)40-29(27)39-20-13-17(24(34)21(14-20)28(37)38)12-19(32)11-8-16-6-9-18(31)10-7-16/h6-7,9-10,13-14,22,25-27,29-31,34-36H,2-5,8,11-12,15H2,1H3,(H,37,38). The zero-order chi connectivity index (χ0) is 30.1. The van der Waals surface area contributed by atoms with E-state index >= 15 is 0 Å². The highest BCUT2D eigenvalue weighted by atomic mass is 16.7. The fourth-order valence-corrected chi connectivity index (χ4v) is 4.42. The van der Waals surface area contributed by atoms with Gasteiger partial charge in [-0.25, -0.2) is 4.79 Å². The molecule has 2 aromatic rings. The van der Waals surface area contributed by atoms with Gasteiger partial charge in [0.15, 0.2) is 6.10 Å². The molecule has 1 aliphatic heterocycles. The zero-order valence-corrected chi connectivity index (χ0v) is 22.6. The number of esters is 1. The van der Waals surface area contributed by atoms with E-state index in [0.29, 0.717) is 12.8 Å². The highest BCUT2D eigenvalue weighted by Gasteiger charge is 2.48. The number of aliphatic hydroxyl groups is 3. The summed E-state index contributed by atoms with van der Waals surface area (Å²) in [5.74, 6) is -3.21. The Morgan fingerprint density at radius 1 is 0.976 bits per heavy atom.